The second kappa shape index (κ2) is 8.98. The van der Waals surface area contributed by atoms with E-state index in [2.05, 4.69) is 102 Å². The van der Waals surface area contributed by atoms with Crippen molar-refractivity contribution in [1.29, 1.82) is 0 Å². The van der Waals surface area contributed by atoms with Crippen LogP contribution in [0.1, 0.15) is 62.3 Å². The fourth-order valence-electron chi connectivity index (χ4n) is 2.51. The summed E-state index contributed by atoms with van der Waals surface area (Å²) in [4.78, 5) is 13.0. The molecule has 0 saturated carbocycles. The Morgan fingerprint density at radius 2 is 1.10 bits per heavy atom. The van der Waals surface area contributed by atoms with Gasteiger partial charge in [-0.3, -0.25) is 0 Å². The van der Waals surface area contributed by atoms with E-state index in [-0.39, 0.29) is 21.1 Å². The van der Waals surface area contributed by atoms with Gasteiger partial charge in [0.1, 0.15) is 6.10 Å². The molecule has 5 nitrogen and oxygen atoms in total. The second-order valence-electron chi connectivity index (χ2n) is 13.7. The predicted octanol–water partition coefficient (Wildman–Crippen LogP) is 6.71. The highest BCUT2D eigenvalue weighted by atomic mass is 28.4. The van der Waals surface area contributed by atoms with E-state index in [0.717, 1.165) is 0 Å². The summed E-state index contributed by atoms with van der Waals surface area (Å²) in [6, 6.07) is 0. The van der Waals surface area contributed by atoms with Crippen molar-refractivity contribution >= 4 is 30.9 Å². The van der Waals surface area contributed by atoms with Crippen LogP contribution in [0.2, 0.25) is 54.4 Å². The van der Waals surface area contributed by atoms with Gasteiger partial charge in [-0.2, -0.15) is 0 Å². The minimum absolute atomic E-state index is 0.00940. The van der Waals surface area contributed by atoms with Gasteiger partial charge < -0.3 is 18.0 Å². The molecule has 0 aromatic carbocycles. The van der Waals surface area contributed by atoms with Crippen molar-refractivity contribution in [3.63, 3.8) is 0 Å². The lowest BCUT2D eigenvalue weighted by atomic mass is 10.1. The first-order valence-electron chi connectivity index (χ1n) is 11.6. The molecule has 31 heavy (non-hydrogen) atoms. The maximum atomic E-state index is 13.0. The van der Waals surface area contributed by atoms with Gasteiger partial charge in [-0.05, 0) is 54.4 Å². The van der Waals surface area contributed by atoms with Crippen LogP contribution in [0.4, 0.5) is 0 Å². The van der Waals surface area contributed by atoms with Gasteiger partial charge in [-0.15, -0.1) is 0 Å². The van der Waals surface area contributed by atoms with Crippen LogP contribution < -0.4 is 0 Å². The van der Waals surface area contributed by atoms with Crippen LogP contribution in [-0.2, 0) is 22.8 Å². The molecule has 0 aromatic rings. The Balaban J connectivity index is 3.24. The van der Waals surface area contributed by atoms with E-state index < -0.39 is 43.3 Å². The topological polar surface area (TPSA) is 54.0 Å². The molecule has 3 atom stereocenters. The van der Waals surface area contributed by atoms with Crippen molar-refractivity contribution < 1.29 is 22.8 Å². The predicted molar refractivity (Wildman–Crippen MR) is 137 cm³/mol. The molecule has 184 valence electrons. The molecule has 0 bridgehead atoms. The van der Waals surface area contributed by atoms with Crippen LogP contribution in [0.5, 0.6) is 0 Å². The number of ether oxygens (including phenoxy) is 1. The molecule has 3 unspecified atom stereocenters. The van der Waals surface area contributed by atoms with Gasteiger partial charge in [0, 0.05) is 0 Å². The van der Waals surface area contributed by atoms with Gasteiger partial charge in [-0.25, -0.2) is 4.79 Å². The highest BCUT2D eigenvalue weighted by Crippen LogP contribution is 2.43. The van der Waals surface area contributed by atoms with Crippen LogP contribution >= 0.6 is 0 Å². The lowest BCUT2D eigenvalue weighted by Gasteiger charge is -2.43. The molecule has 1 aliphatic heterocycles. The summed E-state index contributed by atoms with van der Waals surface area (Å²) in [7, 11) is -6.33. The van der Waals surface area contributed by atoms with E-state index in [9.17, 15) is 4.79 Å². The lowest BCUT2D eigenvalue weighted by Crippen LogP contribution is -2.54. The van der Waals surface area contributed by atoms with Gasteiger partial charge in [-0.1, -0.05) is 62.3 Å². The quantitative estimate of drug-likeness (QED) is 0.293. The summed E-state index contributed by atoms with van der Waals surface area (Å²) >= 11 is 0. The van der Waals surface area contributed by atoms with Crippen molar-refractivity contribution in [2.24, 2.45) is 0 Å². The SMILES string of the molecule is CC(C)(C)[Si](C)(C)OCC1OC(=O)C(O[Si](C)(C)C(C)(C)C)C1O[Si](C)(C)C(C)(C)C. The third-order valence-corrected chi connectivity index (χ3v) is 21.5. The van der Waals surface area contributed by atoms with Crippen LogP contribution in [0.25, 0.3) is 0 Å². The number of hydrogen-bond donors (Lipinski definition) is 0. The number of rotatable bonds is 7. The van der Waals surface area contributed by atoms with Crippen molar-refractivity contribution in [2.45, 2.75) is 135 Å². The fraction of sp³-hybridized carbons (Fsp3) is 0.957. The second-order valence-corrected chi connectivity index (χ2v) is 28.0. The Hall–Kier alpha value is 0.000649. The van der Waals surface area contributed by atoms with Crippen molar-refractivity contribution in [3.05, 3.63) is 0 Å². The molecule has 1 heterocycles. The number of hydrogen-bond acceptors (Lipinski definition) is 5. The molecule has 8 heteroatoms. The summed E-state index contributed by atoms with van der Waals surface area (Å²) in [6.07, 6.45) is -1.57. The average molecular weight is 491 g/mol. The first-order chi connectivity index (χ1) is 13.4. The Kier molecular flexibility index (Phi) is 8.41. The average Bonchev–Trinajstić information content (AvgIpc) is 2.77. The Bertz CT molecular complexity index is 639. The van der Waals surface area contributed by atoms with E-state index in [1.54, 1.807) is 0 Å². The summed E-state index contributed by atoms with van der Waals surface area (Å²) < 4.78 is 25.7. The number of cyclic esters (lactones) is 1. The van der Waals surface area contributed by atoms with Gasteiger partial charge in [0.25, 0.3) is 0 Å². The van der Waals surface area contributed by atoms with Gasteiger partial charge in [0.15, 0.2) is 37.2 Å². The van der Waals surface area contributed by atoms with E-state index in [1.807, 2.05) is 0 Å². The van der Waals surface area contributed by atoms with Gasteiger partial charge in [0.05, 0.1) is 6.61 Å². The summed E-state index contributed by atoms with van der Waals surface area (Å²) in [5, 5.41) is 0.0952. The monoisotopic (exact) mass is 490 g/mol. The molecule has 0 aromatic heterocycles. The highest BCUT2D eigenvalue weighted by molar-refractivity contribution is 6.75. The lowest BCUT2D eigenvalue weighted by molar-refractivity contribution is -0.147. The standard InChI is InChI=1S/C23H50O5Si3/c1-21(2,3)29(10,11)25-16-17-18(27-30(12,13)22(4,5)6)19(20(24)26-17)28-31(14,15)23(7,8)9/h17-19H,16H2,1-15H3. The molecule has 0 radical (unpaired) electrons. The van der Waals surface area contributed by atoms with Gasteiger partial charge >= 0.3 is 5.97 Å². The van der Waals surface area contributed by atoms with E-state index in [4.69, 9.17) is 18.0 Å². The summed E-state index contributed by atoms with van der Waals surface area (Å²) in [5.74, 6) is -0.308. The van der Waals surface area contributed by atoms with Crippen LogP contribution in [-0.4, -0.2) is 55.8 Å². The largest absolute Gasteiger partial charge is 0.455 e. The molecule has 1 saturated heterocycles. The van der Waals surface area contributed by atoms with E-state index in [1.165, 1.54) is 0 Å². The Morgan fingerprint density at radius 1 is 0.710 bits per heavy atom. The fourth-order valence-corrected chi connectivity index (χ4v) is 6.05. The number of carbonyl (C=O) groups excluding carboxylic acids is 1. The molecule has 1 rings (SSSR count). The minimum Gasteiger partial charge on any atom is -0.455 e. The van der Waals surface area contributed by atoms with Crippen molar-refractivity contribution in [3.8, 4) is 0 Å². The molecule has 0 spiro atoms. The molecule has 0 aliphatic carbocycles. The normalized spacial score (nSPS) is 24.5. The Morgan fingerprint density at radius 3 is 1.48 bits per heavy atom. The number of carbonyl (C=O) groups is 1. The van der Waals surface area contributed by atoms with Crippen LogP contribution in [0.3, 0.4) is 0 Å². The zero-order valence-corrected chi connectivity index (χ0v) is 26.0. The summed E-state index contributed by atoms with van der Waals surface area (Å²) in [6.45, 7) is 33.4. The smallest absolute Gasteiger partial charge is 0.337 e. The first-order valence-corrected chi connectivity index (χ1v) is 20.4. The van der Waals surface area contributed by atoms with Crippen LogP contribution in [0.15, 0.2) is 0 Å². The maximum Gasteiger partial charge on any atom is 0.337 e. The minimum atomic E-state index is -2.19. The van der Waals surface area contributed by atoms with Crippen LogP contribution in [0, 0.1) is 0 Å². The van der Waals surface area contributed by atoms with Crippen molar-refractivity contribution in [2.75, 3.05) is 6.61 Å². The highest BCUT2D eigenvalue weighted by Gasteiger charge is 2.54. The van der Waals surface area contributed by atoms with Gasteiger partial charge in [0.2, 0.25) is 0 Å². The Labute approximate surface area is 195 Å². The van der Waals surface area contributed by atoms with E-state index >= 15 is 0 Å². The molecular formula is C23H50O5Si3. The molecule has 0 amide bonds. The first kappa shape index (κ1) is 29.0. The summed E-state index contributed by atoms with van der Waals surface area (Å²) in [5.41, 5.74) is 0. The zero-order chi connectivity index (χ0) is 24.8. The molecule has 0 N–H and O–H groups in total. The molecule has 1 fully saturated rings. The number of esters is 1. The van der Waals surface area contributed by atoms with E-state index in [0.29, 0.717) is 6.61 Å². The van der Waals surface area contributed by atoms with Crippen molar-refractivity contribution in [1.82, 2.24) is 0 Å². The molecular weight excluding hydrogens is 441 g/mol. The maximum absolute atomic E-state index is 13.0. The zero-order valence-electron chi connectivity index (χ0n) is 23.0. The third-order valence-electron chi connectivity index (χ3n) is 8.04. The molecule has 1 aliphatic rings. The third kappa shape index (κ3) is 6.76.